The molecule has 158 valence electrons. The molecular weight excluding hydrogens is 399 g/mol. The van der Waals surface area contributed by atoms with E-state index in [2.05, 4.69) is 126 Å². The maximum Gasteiger partial charge on any atom is 0.168 e. The van der Waals surface area contributed by atoms with E-state index in [4.69, 9.17) is 5.26 Å². The Morgan fingerprint density at radius 2 is 0.758 bits per heavy atom. The zero-order chi connectivity index (χ0) is 22.8. The zero-order valence-corrected chi connectivity index (χ0v) is 18.4. The van der Waals surface area contributed by atoms with Crippen LogP contribution in [0.2, 0.25) is 0 Å². The summed E-state index contributed by atoms with van der Waals surface area (Å²) in [5, 5.41) is 8.27. The lowest BCUT2D eigenvalue weighted by Gasteiger charge is -2.44. The third kappa shape index (κ3) is 4.76. The molecule has 0 radical (unpaired) electrons. The molecule has 0 amide bonds. The van der Waals surface area contributed by atoms with Gasteiger partial charge in [0.1, 0.15) is 6.15 Å². The van der Waals surface area contributed by atoms with Gasteiger partial charge in [0.15, 0.2) is 12.4 Å². The summed E-state index contributed by atoms with van der Waals surface area (Å²) in [6.07, 6.45) is 2.23. The van der Waals surface area contributed by atoms with Gasteiger partial charge in [0.2, 0.25) is 0 Å². The Balaban J connectivity index is 0.000000275. The Morgan fingerprint density at radius 1 is 0.455 bits per heavy atom. The van der Waals surface area contributed by atoms with Gasteiger partial charge in [-0.1, -0.05) is 121 Å². The molecule has 0 fully saturated rings. The summed E-state index contributed by atoms with van der Waals surface area (Å²) >= 11 is 0. The van der Waals surface area contributed by atoms with Crippen molar-refractivity contribution < 1.29 is 4.98 Å². The zero-order valence-electron chi connectivity index (χ0n) is 18.4. The molecule has 5 rings (SSSR count). The van der Waals surface area contributed by atoms with Crippen LogP contribution in [0.3, 0.4) is 0 Å². The standard InChI is InChI=1S/C24H20B.C6H4N2/c1-5-13-21(14-6-1)25(22-15-7-2-8-16-22,23-17-9-3-10-18-23)24-19-11-4-12-20-24;7-5-6-1-3-8-4-2-6/h1-20H;1-4H/q-1;/p+1. The van der Waals surface area contributed by atoms with Gasteiger partial charge in [-0.3, -0.25) is 0 Å². The maximum atomic E-state index is 8.27. The van der Waals surface area contributed by atoms with Crippen molar-refractivity contribution in [2.24, 2.45) is 0 Å². The van der Waals surface area contributed by atoms with Gasteiger partial charge in [0, 0.05) is 12.1 Å². The van der Waals surface area contributed by atoms with Gasteiger partial charge in [-0.15, -0.1) is 0 Å². The fourth-order valence-corrected chi connectivity index (χ4v) is 4.58. The Labute approximate surface area is 195 Å². The molecule has 33 heavy (non-hydrogen) atoms. The molecular formula is C30H25BN2. The van der Waals surface area contributed by atoms with E-state index in [0.717, 1.165) is 0 Å². The van der Waals surface area contributed by atoms with Gasteiger partial charge in [-0.2, -0.15) is 27.1 Å². The lowest BCUT2D eigenvalue weighted by Crippen LogP contribution is -2.74. The van der Waals surface area contributed by atoms with Crippen LogP contribution in [0.15, 0.2) is 146 Å². The van der Waals surface area contributed by atoms with Crippen molar-refractivity contribution in [2.45, 2.75) is 0 Å². The quantitative estimate of drug-likeness (QED) is 0.408. The van der Waals surface area contributed by atoms with Crippen LogP contribution in [-0.2, 0) is 0 Å². The van der Waals surface area contributed by atoms with E-state index >= 15 is 0 Å². The summed E-state index contributed by atoms with van der Waals surface area (Å²) in [5.41, 5.74) is 6.04. The molecule has 3 heteroatoms. The number of nitrogens with zero attached hydrogens (tertiary/aromatic N) is 1. The maximum absolute atomic E-state index is 8.27. The average Bonchev–Trinajstić information content (AvgIpc) is 2.92. The monoisotopic (exact) mass is 424 g/mol. The average molecular weight is 424 g/mol. The summed E-state index contributed by atoms with van der Waals surface area (Å²) < 4.78 is 0. The van der Waals surface area contributed by atoms with E-state index < -0.39 is 6.15 Å². The van der Waals surface area contributed by atoms with Crippen molar-refractivity contribution in [3.63, 3.8) is 0 Å². The fourth-order valence-electron chi connectivity index (χ4n) is 4.58. The lowest BCUT2D eigenvalue weighted by molar-refractivity contribution is -0.378. The Kier molecular flexibility index (Phi) is 7.10. The summed E-state index contributed by atoms with van der Waals surface area (Å²) in [6, 6.07) is 49.0. The van der Waals surface area contributed by atoms with Crippen LogP contribution in [0, 0.1) is 11.3 Å². The first-order valence-corrected chi connectivity index (χ1v) is 11.1. The number of H-pyrrole nitrogens is 1. The van der Waals surface area contributed by atoms with E-state index in [0.29, 0.717) is 5.56 Å². The van der Waals surface area contributed by atoms with Gasteiger partial charge in [-0.05, 0) is 0 Å². The van der Waals surface area contributed by atoms with Crippen LogP contribution in [-0.4, -0.2) is 6.15 Å². The first-order valence-electron chi connectivity index (χ1n) is 11.1. The van der Waals surface area contributed by atoms with Crippen LogP contribution in [0.25, 0.3) is 0 Å². The molecule has 1 heterocycles. The topological polar surface area (TPSA) is 37.9 Å². The van der Waals surface area contributed by atoms with Gasteiger partial charge < -0.3 is 0 Å². The molecule has 0 aliphatic heterocycles. The van der Waals surface area contributed by atoms with E-state index in [1.54, 1.807) is 24.5 Å². The molecule has 0 aliphatic carbocycles. The number of hydrogen-bond acceptors (Lipinski definition) is 1. The van der Waals surface area contributed by atoms with E-state index in [1.807, 2.05) is 6.07 Å². The predicted molar refractivity (Wildman–Crippen MR) is 138 cm³/mol. The number of nitrogens with one attached hydrogen (secondary N) is 1. The molecule has 1 aromatic heterocycles. The Bertz CT molecular complexity index is 1120. The fraction of sp³-hybridized carbons (Fsp3) is 0. The molecule has 0 bridgehead atoms. The first-order chi connectivity index (χ1) is 16.4. The van der Waals surface area contributed by atoms with E-state index in [-0.39, 0.29) is 0 Å². The highest BCUT2D eigenvalue weighted by atomic mass is 14.6. The van der Waals surface area contributed by atoms with Crippen LogP contribution < -0.4 is 26.8 Å². The van der Waals surface area contributed by atoms with Crippen LogP contribution in [0.5, 0.6) is 0 Å². The molecule has 4 aromatic carbocycles. The molecule has 5 aromatic rings. The predicted octanol–water partition coefficient (Wildman–Crippen LogP) is 3.44. The van der Waals surface area contributed by atoms with Crippen molar-refractivity contribution in [3.05, 3.63) is 151 Å². The van der Waals surface area contributed by atoms with Crippen LogP contribution >= 0.6 is 0 Å². The third-order valence-corrected chi connectivity index (χ3v) is 6.05. The first kappa shape index (κ1) is 21.8. The smallest absolute Gasteiger partial charge is 0.168 e. The highest BCUT2D eigenvalue weighted by Crippen LogP contribution is 2.09. The molecule has 1 N–H and O–H groups in total. The van der Waals surface area contributed by atoms with Gasteiger partial charge in [-0.25, -0.2) is 4.98 Å². The van der Waals surface area contributed by atoms with Crippen molar-refractivity contribution in [3.8, 4) is 6.07 Å². The number of aromatic amines is 1. The third-order valence-electron chi connectivity index (χ3n) is 6.05. The number of rotatable bonds is 4. The minimum atomic E-state index is -1.22. The number of pyridine rings is 1. The highest BCUT2D eigenvalue weighted by Gasteiger charge is 2.30. The normalized spacial score (nSPS) is 10.4. The number of hydrogen-bond donors (Lipinski definition) is 0. The summed E-state index contributed by atoms with van der Waals surface area (Å²) in [6.45, 7) is 0. The van der Waals surface area contributed by atoms with Crippen LogP contribution in [0.1, 0.15) is 5.56 Å². The second-order valence-corrected chi connectivity index (χ2v) is 7.91. The molecule has 0 saturated carbocycles. The second kappa shape index (κ2) is 10.8. The second-order valence-electron chi connectivity index (χ2n) is 7.91. The van der Waals surface area contributed by atoms with Crippen molar-refractivity contribution in [2.75, 3.05) is 0 Å². The number of benzene rings is 4. The van der Waals surface area contributed by atoms with Crippen molar-refractivity contribution in [1.29, 1.82) is 5.26 Å². The van der Waals surface area contributed by atoms with Crippen molar-refractivity contribution in [1.82, 2.24) is 0 Å². The molecule has 0 spiro atoms. The summed E-state index contributed by atoms with van der Waals surface area (Å²) in [5.74, 6) is 0. The number of nitriles is 1. The van der Waals surface area contributed by atoms with Gasteiger partial charge in [0.25, 0.3) is 0 Å². The molecule has 0 unspecified atom stereocenters. The highest BCUT2D eigenvalue weighted by molar-refractivity contribution is 7.19. The Morgan fingerprint density at radius 3 is 1.00 bits per heavy atom. The number of aromatic nitrogens is 1. The van der Waals surface area contributed by atoms with E-state index in [1.165, 1.54) is 21.9 Å². The lowest BCUT2D eigenvalue weighted by atomic mass is 9.13. The molecule has 0 saturated heterocycles. The summed E-state index contributed by atoms with van der Waals surface area (Å²) in [7, 11) is 0. The molecule has 2 nitrogen and oxygen atoms in total. The summed E-state index contributed by atoms with van der Waals surface area (Å²) in [4.78, 5) is 2.82. The molecule has 0 aliphatic rings. The minimum absolute atomic E-state index is 0.684. The Hall–Kier alpha value is -4.42. The van der Waals surface area contributed by atoms with E-state index in [9.17, 15) is 0 Å². The largest absolute Gasteiger partial charge is 0.218 e. The minimum Gasteiger partial charge on any atom is -0.218 e. The van der Waals surface area contributed by atoms with Crippen LogP contribution in [0.4, 0.5) is 0 Å². The van der Waals surface area contributed by atoms with Crippen molar-refractivity contribution >= 4 is 28.0 Å². The van der Waals surface area contributed by atoms with Gasteiger partial charge >= 0.3 is 0 Å². The SMILES string of the molecule is N#Cc1cc[nH+]cc1.c1ccc([B-](c2ccccc2)(c2ccccc2)c2ccccc2)cc1. The molecule has 0 atom stereocenters. The van der Waals surface area contributed by atoms with Gasteiger partial charge in [0.05, 0.1) is 11.6 Å².